The summed E-state index contributed by atoms with van der Waals surface area (Å²) in [6, 6.07) is 3.35. The van der Waals surface area contributed by atoms with Gasteiger partial charge in [-0.3, -0.25) is 14.5 Å². The average Bonchev–Trinajstić information content (AvgIpc) is 3.15. The number of amides is 2. The predicted molar refractivity (Wildman–Crippen MR) is 100 cm³/mol. The Labute approximate surface area is 155 Å². The molecule has 1 aromatic rings. The quantitative estimate of drug-likeness (QED) is 0.587. The lowest BCUT2D eigenvalue weighted by atomic mass is 10.2. The van der Waals surface area contributed by atoms with Gasteiger partial charge in [-0.25, -0.2) is 8.42 Å². The van der Waals surface area contributed by atoms with Crippen LogP contribution in [0.15, 0.2) is 23.2 Å². The highest BCUT2D eigenvalue weighted by atomic mass is 32.2. The standard InChI is InChI=1S/C15H17N3O4S3/c1-17-5-2-3-11(17)7-12-14(20)18(15(23)24-12)8-13(19)16-10-4-6-25(21,22)9-10/h2-3,5,7,10H,4,6,8-9H2,1H3,(H,16,19). The lowest BCUT2D eigenvalue weighted by molar-refractivity contribution is -0.129. The van der Waals surface area contributed by atoms with Crippen molar-refractivity contribution in [1.29, 1.82) is 0 Å². The Morgan fingerprint density at radius 1 is 1.52 bits per heavy atom. The molecule has 1 N–H and O–H groups in total. The van der Waals surface area contributed by atoms with Gasteiger partial charge in [0.2, 0.25) is 5.91 Å². The molecule has 0 spiro atoms. The van der Waals surface area contributed by atoms with E-state index < -0.39 is 21.8 Å². The highest BCUT2D eigenvalue weighted by molar-refractivity contribution is 8.26. The molecule has 2 fully saturated rings. The molecule has 3 rings (SSSR count). The normalized spacial score (nSPS) is 24.3. The Bertz CT molecular complexity index is 872. The summed E-state index contributed by atoms with van der Waals surface area (Å²) in [5.41, 5.74) is 0.862. The van der Waals surface area contributed by atoms with Crippen LogP contribution < -0.4 is 5.32 Å². The van der Waals surface area contributed by atoms with Crippen LogP contribution in [-0.2, 0) is 26.5 Å². The number of carbonyl (C=O) groups is 2. The van der Waals surface area contributed by atoms with Crippen molar-refractivity contribution in [2.45, 2.75) is 12.5 Å². The first kappa shape index (κ1) is 18.2. The second-order valence-electron chi connectivity index (χ2n) is 5.98. The predicted octanol–water partition coefficient (Wildman–Crippen LogP) is 0.530. The zero-order chi connectivity index (χ0) is 18.2. The first-order valence-corrected chi connectivity index (χ1v) is 10.7. The fourth-order valence-electron chi connectivity index (χ4n) is 2.72. The van der Waals surface area contributed by atoms with Crippen molar-refractivity contribution in [2.75, 3.05) is 18.1 Å². The molecule has 134 valence electrons. The minimum absolute atomic E-state index is 0.0511. The lowest BCUT2D eigenvalue weighted by Gasteiger charge is -2.16. The first-order valence-electron chi connectivity index (χ1n) is 7.62. The number of rotatable bonds is 4. The summed E-state index contributed by atoms with van der Waals surface area (Å²) in [7, 11) is -1.20. The Kier molecular flexibility index (Phi) is 5.03. The van der Waals surface area contributed by atoms with E-state index >= 15 is 0 Å². The summed E-state index contributed by atoms with van der Waals surface area (Å²) >= 11 is 6.36. The molecule has 2 aliphatic rings. The zero-order valence-electron chi connectivity index (χ0n) is 13.5. The molecule has 2 amide bonds. The van der Waals surface area contributed by atoms with Crippen molar-refractivity contribution in [2.24, 2.45) is 7.05 Å². The van der Waals surface area contributed by atoms with E-state index in [0.29, 0.717) is 15.6 Å². The van der Waals surface area contributed by atoms with Gasteiger partial charge in [-0.15, -0.1) is 0 Å². The molecule has 7 nitrogen and oxygen atoms in total. The molecule has 1 atom stereocenters. The van der Waals surface area contributed by atoms with Gasteiger partial charge in [0, 0.05) is 25.0 Å². The summed E-state index contributed by atoms with van der Waals surface area (Å²) in [6.07, 6.45) is 4.01. The molecule has 2 saturated heterocycles. The number of carbonyl (C=O) groups excluding carboxylic acids is 2. The Balaban J connectivity index is 1.64. The van der Waals surface area contributed by atoms with E-state index in [9.17, 15) is 18.0 Å². The van der Waals surface area contributed by atoms with Crippen molar-refractivity contribution in [3.63, 3.8) is 0 Å². The number of hydrogen-bond donors (Lipinski definition) is 1. The molecule has 1 unspecified atom stereocenters. The van der Waals surface area contributed by atoms with E-state index in [4.69, 9.17) is 12.2 Å². The number of nitrogens with one attached hydrogen (secondary N) is 1. The maximum Gasteiger partial charge on any atom is 0.266 e. The number of nitrogens with zero attached hydrogens (tertiary/aromatic N) is 2. The largest absolute Gasteiger partial charge is 0.351 e. The Morgan fingerprint density at radius 3 is 2.88 bits per heavy atom. The SMILES string of the molecule is Cn1cccc1C=C1SC(=S)N(CC(=O)NC2CCS(=O)(=O)C2)C1=O. The molecule has 25 heavy (non-hydrogen) atoms. The molecule has 0 aromatic carbocycles. The van der Waals surface area contributed by atoms with Crippen molar-refractivity contribution < 1.29 is 18.0 Å². The monoisotopic (exact) mass is 399 g/mol. The summed E-state index contributed by atoms with van der Waals surface area (Å²) < 4.78 is 25.1. The Morgan fingerprint density at radius 2 is 2.28 bits per heavy atom. The van der Waals surface area contributed by atoms with E-state index in [1.807, 2.05) is 29.9 Å². The highest BCUT2D eigenvalue weighted by Crippen LogP contribution is 2.32. The summed E-state index contributed by atoms with van der Waals surface area (Å²) in [4.78, 5) is 26.3. The third kappa shape index (κ3) is 4.13. The van der Waals surface area contributed by atoms with Crippen molar-refractivity contribution >= 4 is 56.0 Å². The van der Waals surface area contributed by atoms with Crippen LogP contribution in [0.1, 0.15) is 12.1 Å². The van der Waals surface area contributed by atoms with Gasteiger partial charge in [0.1, 0.15) is 10.9 Å². The topological polar surface area (TPSA) is 88.5 Å². The van der Waals surface area contributed by atoms with Crippen LogP contribution in [0.4, 0.5) is 0 Å². The molecule has 2 aliphatic heterocycles. The minimum atomic E-state index is -3.07. The molecule has 0 radical (unpaired) electrons. The number of sulfone groups is 1. The van der Waals surface area contributed by atoms with Gasteiger partial charge >= 0.3 is 0 Å². The number of aromatic nitrogens is 1. The maximum absolute atomic E-state index is 12.5. The fraction of sp³-hybridized carbons (Fsp3) is 0.400. The molecule has 10 heteroatoms. The summed E-state index contributed by atoms with van der Waals surface area (Å²) in [5.74, 6) is -0.688. The van der Waals surface area contributed by atoms with E-state index in [-0.39, 0.29) is 24.0 Å². The fourth-order valence-corrected chi connectivity index (χ4v) is 5.63. The van der Waals surface area contributed by atoms with Gasteiger partial charge in [-0.05, 0) is 24.6 Å². The van der Waals surface area contributed by atoms with Gasteiger partial charge in [0.05, 0.1) is 16.4 Å². The molecule has 0 bridgehead atoms. The number of thiocarbonyl (C=S) groups is 1. The third-order valence-electron chi connectivity index (χ3n) is 4.04. The van der Waals surface area contributed by atoms with E-state index in [0.717, 1.165) is 17.5 Å². The molecular weight excluding hydrogens is 382 g/mol. The number of aryl methyl sites for hydroxylation is 1. The van der Waals surface area contributed by atoms with Gasteiger partial charge in [0.15, 0.2) is 9.84 Å². The molecule has 1 aromatic heterocycles. The van der Waals surface area contributed by atoms with Crippen LogP contribution in [-0.4, -0.2) is 58.1 Å². The van der Waals surface area contributed by atoms with Crippen LogP contribution in [0.25, 0.3) is 6.08 Å². The van der Waals surface area contributed by atoms with Gasteiger partial charge in [-0.2, -0.15) is 0 Å². The molecule has 0 saturated carbocycles. The highest BCUT2D eigenvalue weighted by Gasteiger charge is 2.35. The zero-order valence-corrected chi connectivity index (χ0v) is 15.9. The number of hydrogen-bond acceptors (Lipinski definition) is 6. The van der Waals surface area contributed by atoms with Crippen LogP contribution in [0, 0.1) is 0 Å². The van der Waals surface area contributed by atoms with Crippen molar-refractivity contribution in [3.05, 3.63) is 28.9 Å². The molecular formula is C15H17N3O4S3. The van der Waals surface area contributed by atoms with Crippen LogP contribution in [0.5, 0.6) is 0 Å². The number of thioether (sulfide) groups is 1. The van der Waals surface area contributed by atoms with Gasteiger partial charge in [-0.1, -0.05) is 24.0 Å². The van der Waals surface area contributed by atoms with E-state index in [1.165, 1.54) is 4.90 Å². The second kappa shape index (κ2) is 6.93. The van der Waals surface area contributed by atoms with E-state index in [1.54, 1.807) is 6.08 Å². The van der Waals surface area contributed by atoms with Gasteiger partial charge in [0.25, 0.3) is 5.91 Å². The summed E-state index contributed by atoms with van der Waals surface area (Å²) in [6.45, 7) is -0.203. The smallest absolute Gasteiger partial charge is 0.266 e. The maximum atomic E-state index is 12.5. The second-order valence-corrected chi connectivity index (χ2v) is 9.88. The minimum Gasteiger partial charge on any atom is -0.351 e. The summed E-state index contributed by atoms with van der Waals surface area (Å²) in [5, 5.41) is 2.67. The average molecular weight is 400 g/mol. The first-order chi connectivity index (χ1) is 11.7. The third-order valence-corrected chi connectivity index (χ3v) is 7.18. The molecule has 3 heterocycles. The van der Waals surface area contributed by atoms with Crippen molar-refractivity contribution in [1.82, 2.24) is 14.8 Å². The molecule has 0 aliphatic carbocycles. The van der Waals surface area contributed by atoms with Crippen LogP contribution in [0.2, 0.25) is 0 Å². The van der Waals surface area contributed by atoms with E-state index in [2.05, 4.69) is 5.32 Å². The van der Waals surface area contributed by atoms with Gasteiger partial charge < -0.3 is 9.88 Å². The van der Waals surface area contributed by atoms with Crippen LogP contribution >= 0.6 is 24.0 Å². The Hall–Kier alpha value is -1.65. The van der Waals surface area contributed by atoms with Crippen LogP contribution in [0.3, 0.4) is 0 Å². The lowest BCUT2D eigenvalue weighted by Crippen LogP contribution is -2.43. The van der Waals surface area contributed by atoms with Crippen molar-refractivity contribution in [3.8, 4) is 0 Å².